The number of nitrogens with two attached hydrogens (primary N) is 1. The number of benzene rings is 1. The van der Waals surface area contributed by atoms with Gasteiger partial charge in [0.25, 0.3) is 5.69 Å². The Morgan fingerprint density at radius 2 is 1.89 bits per heavy atom. The average molecular weight is 551 g/mol. The number of carbonyl (C=O) groups excluding carboxylic acids is 2. The number of hydrogen-bond acceptors (Lipinski definition) is 13. The van der Waals surface area contributed by atoms with Crippen molar-refractivity contribution in [2.75, 3.05) is 12.3 Å². The molecule has 0 unspecified atom stereocenters. The van der Waals surface area contributed by atoms with Gasteiger partial charge in [-0.2, -0.15) is 13.1 Å². The number of carbonyl (C=O) groups is 2. The molecule has 1 aliphatic heterocycles. The number of hydrogen-bond donors (Lipinski definition) is 5. The molecule has 4 rings (SSSR count). The van der Waals surface area contributed by atoms with Gasteiger partial charge in [-0.1, -0.05) is 12.1 Å². The summed E-state index contributed by atoms with van der Waals surface area (Å²) in [4.78, 5) is 46.6. The maximum atomic E-state index is 12.3. The van der Waals surface area contributed by atoms with Gasteiger partial charge in [-0.05, 0) is 6.07 Å². The van der Waals surface area contributed by atoms with Crippen molar-refractivity contribution < 1.29 is 37.9 Å². The van der Waals surface area contributed by atoms with Crippen LogP contribution in [0.1, 0.15) is 29.4 Å². The van der Waals surface area contributed by atoms with Crippen molar-refractivity contribution in [1.82, 2.24) is 29.0 Å². The number of ketones is 1. The largest absolute Gasteiger partial charge is 0.387 e. The van der Waals surface area contributed by atoms with Gasteiger partial charge < -0.3 is 20.7 Å². The van der Waals surface area contributed by atoms with E-state index in [0.717, 1.165) is 6.07 Å². The first kappa shape index (κ1) is 26.9. The van der Waals surface area contributed by atoms with Crippen LogP contribution in [0.2, 0.25) is 0 Å². The van der Waals surface area contributed by atoms with Crippen LogP contribution in [-0.2, 0) is 19.7 Å². The Labute approximate surface area is 214 Å². The van der Waals surface area contributed by atoms with Crippen molar-refractivity contribution in [2.24, 2.45) is 0 Å². The number of Topliss-reactive ketones (excluding diaryl/α,β-unsaturated/α-hetero) is 1. The van der Waals surface area contributed by atoms with Crippen LogP contribution < -0.4 is 15.2 Å². The molecule has 1 saturated heterocycles. The molecule has 1 fully saturated rings. The van der Waals surface area contributed by atoms with Crippen LogP contribution in [0.25, 0.3) is 11.2 Å². The first-order valence-corrected chi connectivity index (χ1v) is 12.5. The van der Waals surface area contributed by atoms with Crippen LogP contribution in [0.4, 0.5) is 11.5 Å². The highest BCUT2D eigenvalue weighted by molar-refractivity contribution is 7.88. The first-order chi connectivity index (χ1) is 18.0. The predicted octanol–water partition coefficient (Wildman–Crippen LogP) is -1.45. The van der Waals surface area contributed by atoms with Crippen LogP contribution in [0.5, 0.6) is 0 Å². The summed E-state index contributed by atoms with van der Waals surface area (Å²) >= 11 is 0. The number of nitro groups is 1. The van der Waals surface area contributed by atoms with E-state index in [1.54, 1.807) is 4.72 Å². The highest BCUT2D eigenvalue weighted by Crippen LogP contribution is 2.31. The second-order valence-electron chi connectivity index (χ2n) is 8.20. The quantitative estimate of drug-likeness (QED) is 0.110. The fourth-order valence-electron chi connectivity index (χ4n) is 3.84. The summed E-state index contributed by atoms with van der Waals surface area (Å²) in [6, 6.07) is 5.18. The molecule has 6 N–H and O–H groups in total. The lowest BCUT2D eigenvalue weighted by molar-refractivity contribution is -0.385. The molecule has 3 aromatic rings. The zero-order valence-electron chi connectivity index (χ0n) is 19.4. The molecule has 18 heteroatoms. The third kappa shape index (κ3) is 5.58. The molecule has 0 saturated carbocycles. The number of nitrogen functional groups attached to an aromatic ring is 1. The lowest BCUT2D eigenvalue weighted by Crippen LogP contribution is -2.45. The molecular weight excluding hydrogens is 528 g/mol. The lowest BCUT2D eigenvalue weighted by atomic mass is 10.0. The van der Waals surface area contributed by atoms with Gasteiger partial charge >= 0.3 is 10.2 Å². The Kier molecular flexibility index (Phi) is 7.60. The minimum absolute atomic E-state index is 0.0885. The summed E-state index contributed by atoms with van der Waals surface area (Å²) in [5.74, 6) is -1.66. The molecule has 3 heterocycles. The van der Waals surface area contributed by atoms with Crippen LogP contribution in [0.3, 0.4) is 0 Å². The van der Waals surface area contributed by atoms with Crippen molar-refractivity contribution in [3.05, 3.63) is 52.6 Å². The number of amides is 1. The number of anilines is 1. The van der Waals surface area contributed by atoms with E-state index < -0.39 is 76.4 Å². The summed E-state index contributed by atoms with van der Waals surface area (Å²) < 4.78 is 35.3. The fraction of sp³-hybridized carbons (Fsp3) is 0.350. The van der Waals surface area contributed by atoms with E-state index in [-0.39, 0.29) is 22.5 Å². The van der Waals surface area contributed by atoms with Crippen LogP contribution in [0, 0.1) is 10.1 Å². The molecule has 4 atom stereocenters. The summed E-state index contributed by atoms with van der Waals surface area (Å²) in [5, 5.41) is 31.9. The molecule has 38 heavy (non-hydrogen) atoms. The first-order valence-electron chi connectivity index (χ1n) is 11.0. The van der Waals surface area contributed by atoms with Gasteiger partial charge in [-0.25, -0.2) is 19.7 Å². The fourth-order valence-corrected chi connectivity index (χ4v) is 4.70. The number of fused-ring (bicyclic) bond motifs is 1. The zero-order valence-corrected chi connectivity index (χ0v) is 20.2. The minimum atomic E-state index is -4.45. The Balaban J connectivity index is 1.32. The van der Waals surface area contributed by atoms with Crippen molar-refractivity contribution >= 4 is 44.6 Å². The Morgan fingerprint density at radius 1 is 1.16 bits per heavy atom. The number of aliphatic hydroxyl groups is 2. The van der Waals surface area contributed by atoms with Crippen LogP contribution in [-0.4, -0.2) is 79.6 Å². The van der Waals surface area contributed by atoms with E-state index in [2.05, 4.69) is 15.0 Å². The number of ether oxygens (including phenoxy) is 1. The molecule has 1 amide bonds. The van der Waals surface area contributed by atoms with Gasteiger partial charge in [0.1, 0.15) is 30.2 Å². The van der Waals surface area contributed by atoms with Crippen molar-refractivity contribution in [3.63, 3.8) is 0 Å². The number of nitrogens with zero attached hydrogens (tertiary/aromatic N) is 5. The normalized spacial score (nSPS) is 21.4. The van der Waals surface area contributed by atoms with E-state index in [1.807, 2.05) is 4.72 Å². The lowest BCUT2D eigenvalue weighted by Gasteiger charge is -2.16. The molecule has 1 aliphatic rings. The number of aromatic nitrogens is 4. The molecule has 202 valence electrons. The van der Waals surface area contributed by atoms with E-state index >= 15 is 0 Å². The molecule has 17 nitrogen and oxygen atoms in total. The number of imidazole rings is 1. The molecule has 0 radical (unpaired) electrons. The Hall–Kier alpha value is -4.10. The minimum Gasteiger partial charge on any atom is -0.387 e. The van der Waals surface area contributed by atoms with Gasteiger partial charge in [0.15, 0.2) is 23.5 Å². The molecule has 0 spiro atoms. The second-order valence-corrected chi connectivity index (χ2v) is 9.70. The number of para-hydroxylation sites is 1. The SMILES string of the molecule is Nc1ncnc2c1ncn2[C@@H]1O[C@H](CNS(=O)(=O)NC(=O)CCC(=O)c2ccccc2[N+](=O)[O-])[C@@H](O)[C@H]1O. The number of rotatable bonds is 10. The smallest absolute Gasteiger partial charge is 0.301 e. The average Bonchev–Trinajstić information content (AvgIpc) is 3.42. The molecule has 2 aromatic heterocycles. The summed E-state index contributed by atoms with van der Waals surface area (Å²) in [7, 11) is -4.45. The molecule has 0 aliphatic carbocycles. The third-order valence-corrected chi connectivity index (χ3v) is 6.74. The number of aliphatic hydroxyl groups excluding tert-OH is 2. The Morgan fingerprint density at radius 3 is 2.63 bits per heavy atom. The summed E-state index contributed by atoms with van der Waals surface area (Å²) in [6.07, 6.45) is -3.99. The monoisotopic (exact) mass is 550 g/mol. The molecular formula is C20H22N8O9S. The van der Waals surface area contributed by atoms with Gasteiger partial charge in [0.2, 0.25) is 5.91 Å². The van der Waals surface area contributed by atoms with Gasteiger partial charge in [-0.15, -0.1) is 0 Å². The third-order valence-electron chi connectivity index (χ3n) is 5.70. The van der Waals surface area contributed by atoms with Gasteiger partial charge in [0.05, 0.1) is 16.8 Å². The predicted molar refractivity (Wildman–Crippen MR) is 127 cm³/mol. The van der Waals surface area contributed by atoms with Crippen LogP contribution in [0.15, 0.2) is 36.9 Å². The van der Waals surface area contributed by atoms with E-state index in [1.165, 1.54) is 35.4 Å². The maximum absolute atomic E-state index is 12.3. The van der Waals surface area contributed by atoms with Crippen molar-refractivity contribution in [3.8, 4) is 0 Å². The van der Waals surface area contributed by atoms with E-state index in [0.29, 0.717) is 0 Å². The molecule has 0 bridgehead atoms. The van der Waals surface area contributed by atoms with Crippen molar-refractivity contribution in [1.29, 1.82) is 0 Å². The number of nitro benzene ring substituents is 1. The zero-order chi connectivity index (χ0) is 27.6. The summed E-state index contributed by atoms with van der Waals surface area (Å²) in [5.41, 5.74) is 5.57. The van der Waals surface area contributed by atoms with Crippen LogP contribution >= 0.6 is 0 Å². The van der Waals surface area contributed by atoms with Crippen molar-refractivity contribution in [2.45, 2.75) is 37.4 Å². The van der Waals surface area contributed by atoms with E-state index in [4.69, 9.17) is 10.5 Å². The highest BCUT2D eigenvalue weighted by atomic mass is 32.2. The standard InChI is InChI=1S/C20H22N8O9S/c21-18-15-19(23-8-22-18)27(9-24-15)20-17(32)16(31)13(37-20)7-25-38(35,36)26-14(30)6-5-12(29)10-3-1-2-4-11(10)28(33)34/h1-4,8-9,13,16-17,20,25,31-32H,5-7H2,(H,26,30)(H2,21,22,23)/t13-,16-,17-,20-/m1/s1. The van der Waals surface area contributed by atoms with Gasteiger partial charge in [0, 0.05) is 25.5 Å². The van der Waals surface area contributed by atoms with Gasteiger partial charge in [-0.3, -0.25) is 24.3 Å². The summed E-state index contributed by atoms with van der Waals surface area (Å²) in [6.45, 7) is -0.532. The maximum Gasteiger partial charge on any atom is 0.301 e. The van der Waals surface area contributed by atoms with E-state index in [9.17, 15) is 38.3 Å². The second kappa shape index (κ2) is 10.7. The Bertz CT molecular complexity index is 1490. The highest BCUT2D eigenvalue weighted by Gasteiger charge is 2.44. The molecule has 1 aromatic carbocycles. The number of nitrogens with one attached hydrogen (secondary N) is 2. The topological polar surface area (TPSA) is 255 Å².